The molecule has 5 nitrogen and oxygen atoms in total. The highest BCUT2D eigenvalue weighted by Gasteiger charge is 2.27. The lowest BCUT2D eigenvalue weighted by molar-refractivity contribution is -0.114. The van der Waals surface area contributed by atoms with Gasteiger partial charge in [0.15, 0.2) is 0 Å². The summed E-state index contributed by atoms with van der Waals surface area (Å²) in [7, 11) is -3.92. The average Bonchev–Trinajstić information content (AvgIpc) is 2.83. The molecule has 0 aliphatic rings. The fourth-order valence-electron chi connectivity index (χ4n) is 3.65. The van der Waals surface area contributed by atoms with Gasteiger partial charge in [-0.2, -0.15) is 0 Å². The number of hydrogen-bond donors (Lipinski definition) is 1. The molecule has 3 rings (SSSR count). The van der Waals surface area contributed by atoms with Crippen molar-refractivity contribution in [3.05, 3.63) is 89.5 Å². The first-order valence-electron chi connectivity index (χ1n) is 11.0. The van der Waals surface area contributed by atoms with Crippen LogP contribution in [0.2, 0.25) is 0 Å². The second-order valence-corrected chi connectivity index (χ2v) is 9.41. The van der Waals surface area contributed by atoms with Gasteiger partial charge >= 0.3 is 0 Å². The normalized spacial score (nSPS) is 11.2. The molecule has 1 amide bonds. The van der Waals surface area contributed by atoms with Crippen molar-refractivity contribution in [2.75, 3.05) is 16.2 Å². The molecule has 0 aromatic heterocycles. The van der Waals surface area contributed by atoms with Gasteiger partial charge in [-0.3, -0.25) is 9.10 Å². The number of hydrogen-bond acceptors (Lipinski definition) is 3. The number of carbonyl (C=O) groups is 1. The summed E-state index contributed by atoms with van der Waals surface area (Å²) >= 11 is 0. The number of carbonyl (C=O) groups excluding carboxylic acids is 1. The molecule has 32 heavy (non-hydrogen) atoms. The number of aryl methyl sites for hydroxylation is 3. The van der Waals surface area contributed by atoms with Crippen LogP contribution < -0.4 is 9.62 Å². The van der Waals surface area contributed by atoms with Gasteiger partial charge in [-0.05, 0) is 60.2 Å². The predicted octanol–water partition coefficient (Wildman–Crippen LogP) is 5.21. The molecule has 0 saturated carbocycles. The molecule has 0 aliphatic heterocycles. The number of para-hydroxylation sites is 1. The Bertz CT molecular complexity index is 1140. The van der Waals surface area contributed by atoms with Crippen LogP contribution in [0.4, 0.5) is 11.4 Å². The molecule has 168 valence electrons. The predicted molar refractivity (Wildman–Crippen MR) is 131 cm³/mol. The van der Waals surface area contributed by atoms with E-state index in [0.29, 0.717) is 5.69 Å². The Morgan fingerprint density at radius 3 is 1.91 bits per heavy atom. The zero-order valence-corrected chi connectivity index (χ0v) is 19.7. The minimum absolute atomic E-state index is 0.149. The van der Waals surface area contributed by atoms with Crippen LogP contribution in [-0.4, -0.2) is 20.9 Å². The maximum absolute atomic E-state index is 13.5. The summed E-state index contributed by atoms with van der Waals surface area (Å²) < 4.78 is 28.1. The molecular weight excluding hydrogens is 420 g/mol. The van der Waals surface area contributed by atoms with Crippen LogP contribution in [0, 0.1) is 0 Å². The van der Waals surface area contributed by atoms with Gasteiger partial charge in [0.25, 0.3) is 10.0 Å². The van der Waals surface area contributed by atoms with E-state index in [9.17, 15) is 13.2 Å². The fraction of sp³-hybridized carbons (Fsp3) is 0.269. The van der Waals surface area contributed by atoms with E-state index in [-0.39, 0.29) is 17.3 Å². The number of nitrogens with one attached hydrogen (secondary N) is 1. The third kappa shape index (κ3) is 5.19. The van der Waals surface area contributed by atoms with E-state index in [4.69, 9.17) is 0 Å². The van der Waals surface area contributed by atoms with Crippen LogP contribution in [0.5, 0.6) is 0 Å². The maximum atomic E-state index is 13.5. The summed E-state index contributed by atoms with van der Waals surface area (Å²) in [5, 5.41) is 2.98. The summed E-state index contributed by atoms with van der Waals surface area (Å²) in [6.45, 7) is 5.79. The molecule has 1 N–H and O–H groups in total. The highest BCUT2D eigenvalue weighted by molar-refractivity contribution is 7.92. The van der Waals surface area contributed by atoms with E-state index in [0.717, 1.165) is 41.6 Å². The summed E-state index contributed by atoms with van der Waals surface area (Å²) in [5.41, 5.74) is 4.39. The molecule has 0 unspecified atom stereocenters. The Kier molecular flexibility index (Phi) is 7.70. The summed E-state index contributed by atoms with van der Waals surface area (Å²) in [6, 6.07) is 21.4. The lowest BCUT2D eigenvalue weighted by Crippen LogP contribution is -2.38. The van der Waals surface area contributed by atoms with E-state index < -0.39 is 10.0 Å². The third-order valence-electron chi connectivity index (χ3n) is 5.51. The number of rotatable bonds is 9. The van der Waals surface area contributed by atoms with Gasteiger partial charge in [0.2, 0.25) is 5.91 Å². The molecule has 3 aromatic rings. The van der Waals surface area contributed by atoms with Crippen LogP contribution in [0.15, 0.2) is 77.7 Å². The van der Waals surface area contributed by atoms with Gasteiger partial charge in [-0.25, -0.2) is 8.42 Å². The van der Waals surface area contributed by atoms with Crippen LogP contribution in [0.1, 0.15) is 37.5 Å². The van der Waals surface area contributed by atoms with Crippen LogP contribution >= 0.6 is 0 Å². The number of amides is 1. The lowest BCUT2D eigenvalue weighted by Gasteiger charge is -2.25. The first-order chi connectivity index (χ1) is 15.4. The van der Waals surface area contributed by atoms with Gasteiger partial charge in [-0.15, -0.1) is 0 Å². The minimum Gasteiger partial charge on any atom is -0.324 e. The average molecular weight is 451 g/mol. The van der Waals surface area contributed by atoms with Crippen molar-refractivity contribution in [3.8, 4) is 0 Å². The topological polar surface area (TPSA) is 66.5 Å². The Labute approximate surface area is 191 Å². The summed E-state index contributed by atoms with van der Waals surface area (Å²) in [5.74, 6) is -0.375. The van der Waals surface area contributed by atoms with Crippen LogP contribution in [0.25, 0.3) is 0 Å². The van der Waals surface area contributed by atoms with Gasteiger partial charge in [0.1, 0.15) is 6.54 Å². The fourth-order valence-corrected chi connectivity index (χ4v) is 5.09. The van der Waals surface area contributed by atoms with Gasteiger partial charge < -0.3 is 5.32 Å². The summed E-state index contributed by atoms with van der Waals surface area (Å²) in [4.78, 5) is 13.3. The molecule has 0 bridgehead atoms. The van der Waals surface area contributed by atoms with Crippen molar-refractivity contribution in [3.63, 3.8) is 0 Å². The molecule has 0 fully saturated rings. The molecule has 0 atom stereocenters. The second kappa shape index (κ2) is 10.5. The van der Waals surface area contributed by atoms with E-state index >= 15 is 0 Å². The Morgan fingerprint density at radius 1 is 0.781 bits per heavy atom. The van der Waals surface area contributed by atoms with Crippen molar-refractivity contribution < 1.29 is 13.2 Å². The largest absolute Gasteiger partial charge is 0.324 e. The standard InChI is InChI=1S/C26H30N2O3S/c1-4-20-15-17-23(18-16-20)28(32(30,31)24-13-8-7-9-14-24)19-25(29)27-26-21(5-2)11-10-12-22(26)6-3/h7-18H,4-6,19H2,1-3H3,(H,27,29). The van der Waals surface area contributed by atoms with Gasteiger partial charge in [0, 0.05) is 5.69 Å². The minimum atomic E-state index is -3.92. The number of sulfonamides is 1. The lowest BCUT2D eigenvalue weighted by atomic mass is 10.0. The van der Waals surface area contributed by atoms with Crippen molar-refractivity contribution in [1.29, 1.82) is 0 Å². The van der Waals surface area contributed by atoms with Gasteiger partial charge in [0.05, 0.1) is 10.6 Å². The number of anilines is 2. The van der Waals surface area contributed by atoms with Gasteiger partial charge in [-0.1, -0.05) is 69.3 Å². The second-order valence-electron chi connectivity index (χ2n) is 7.55. The first kappa shape index (κ1) is 23.5. The Morgan fingerprint density at radius 2 is 1.38 bits per heavy atom. The number of nitrogens with zero attached hydrogens (tertiary/aromatic N) is 1. The van der Waals surface area contributed by atoms with E-state index in [1.54, 1.807) is 42.5 Å². The van der Waals surface area contributed by atoms with Crippen molar-refractivity contribution in [2.24, 2.45) is 0 Å². The maximum Gasteiger partial charge on any atom is 0.264 e. The highest BCUT2D eigenvalue weighted by atomic mass is 32.2. The quantitative estimate of drug-likeness (QED) is 0.487. The smallest absolute Gasteiger partial charge is 0.264 e. The SMILES string of the molecule is CCc1ccc(N(CC(=O)Nc2c(CC)cccc2CC)S(=O)(=O)c2ccccc2)cc1. The van der Waals surface area contributed by atoms with E-state index in [1.807, 2.05) is 51.1 Å². The molecular formula is C26H30N2O3S. The zero-order chi connectivity index (χ0) is 23.1. The first-order valence-corrected chi connectivity index (χ1v) is 12.4. The molecule has 3 aromatic carbocycles. The van der Waals surface area contributed by atoms with Crippen molar-refractivity contribution in [1.82, 2.24) is 0 Å². The Balaban J connectivity index is 1.97. The molecule has 0 aliphatic carbocycles. The molecule has 0 spiro atoms. The monoisotopic (exact) mass is 450 g/mol. The highest BCUT2D eigenvalue weighted by Crippen LogP contribution is 2.26. The Hall–Kier alpha value is -3.12. The van der Waals surface area contributed by atoms with Crippen molar-refractivity contribution in [2.45, 2.75) is 44.9 Å². The molecule has 0 saturated heterocycles. The van der Waals surface area contributed by atoms with E-state index in [1.165, 1.54) is 4.31 Å². The molecule has 0 heterocycles. The van der Waals surface area contributed by atoms with Crippen LogP contribution in [-0.2, 0) is 34.1 Å². The zero-order valence-electron chi connectivity index (χ0n) is 18.8. The van der Waals surface area contributed by atoms with Crippen LogP contribution in [0.3, 0.4) is 0 Å². The summed E-state index contributed by atoms with van der Waals surface area (Å²) in [6.07, 6.45) is 2.39. The number of benzene rings is 3. The van der Waals surface area contributed by atoms with Crippen molar-refractivity contribution >= 4 is 27.3 Å². The molecule has 0 radical (unpaired) electrons. The van der Waals surface area contributed by atoms with E-state index in [2.05, 4.69) is 5.32 Å². The molecule has 6 heteroatoms. The third-order valence-corrected chi connectivity index (χ3v) is 7.30.